The van der Waals surface area contributed by atoms with Gasteiger partial charge in [0.25, 0.3) is 0 Å². The first kappa shape index (κ1) is 13.7. The van der Waals surface area contributed by atoms with Crippen molar-refractivity contribution >= 4 is 17.2 Å². The summed E-state index contributed by atoms with van der Waals surface area (Å²) in [5.74, 6) is 0.956. The van der Waals surface area contributed by atoms with Crippen molar-refractivity contribution in [3.05, 3.63) is 53.4 Å². The summed E-state index contributed by atoms with van der Waals surface area (Å²) in [5.41, 5.74) is 6.75. The van der Waals surface area contributed by atoms with E-state index in [4.69, 9.17) is 18.0 Å². The average molecular weight is 277 g/mol. The Morgan fingerprint density at radius 2 is 2.21 bits per heavy atom. The van der Waals surface area contributed by atoms with Crippen LogP contribution in [0.25, 0.3) is 0 Å². The molecule has 2 aromatic rings. The Kier molecular flexibility index (Phi) is 3.95. The van der Waals surface area contributed by atoms with Gasteiger partial charge < -0.3 is 10.3 Å². The van der Waals surface area contributed by atoms with E-state index in [1.54, 1.807) is 18.3 Å². The Balaban J connectivity index is 2.31. The fourth-order valence-electron chi connectivity index (χ4n) is 2.01. The van der Waals surface area contributed by atoms with Gasteiger partial charge in [-0.05, 0) is 17.7 Å². The zero-order chi connectivity index (χ0) is 14.0. The molecule has 0 atom stereocenters. The molecule has 1 aromatic heterocycles. The van der Waals surface area contributed by atoms with Gasteiger partial charge in [0.1, 0.15) is 16.6 Å². The fourth-order valence-corrected chi connectivity index (χ4v) is 2.17. The highest BCUT2D eigenvalue weighted by molar-refractivity contribution is 7.80. The average Bonchev–Trinajstić information content (AvgIpc) is 2.79. The first-order chi connectivity index (χ1) is 8.99. The van der Waals surface area contributed by atoms with Crippen molar-refractivity contribution in [3.8, 4) is 0 Å². The molecule has 0 aliphatic heterocycles. The molecule has 1 aromatic carbocycles. The summed E-state index contributed by atoms with van der Waals surface area (Å²) in [6.45, 7) is 4.80. The third kappa shape index (κ3) is 2.98. The minimum Gasteiger partial charge on any atom is -0.389 e. The summed E-state index contributed by atoms with van der Waals surface area (Å²) in [6.07, 6.45) is 3.69. The largest absolute Gasteiger partial charge is 0.389 e. The van der Waals surface area contributed by atoms with Gasteiger partial charge in [-0.1, -0.05) is 32.1 Å². The molecule has 0 amide bonds. The predicted molar refractivity (Wildman–Crippen MR) is 77.7 cm³/mol. The van der Waals surface area contributed by atoms with Gasteiger partial charge in [-0.2, -0.15) is 0 Å². The van der Waals surface area contributed by atoms with E-state index in [9.17, 15) is 4.39 Å². The standard InChI is InChI=1S/C14H16FN3S/c1-9(2)14-17-5-6-18(14)8-10-3-4-12(15)11(7-10)13(16)19/h3-7,9H,8H2,1-2H3,(H2,16,19). The van der Waals surface area contributed by atoms with E-state index in [2.05, 4.69) is 18.8 Å². The summed E-state index contributed by atoms with van der Waals surface area (Å²) in [5, 5.41) is 0. The Bertz CT molecular complexity index is 604. The van der Waals surface area contributed by atoms with Crippen molar-refractivity contribution in [2.24, 2.45) is 5.73 Å². The van der Waals surface area contributed by atoms with Crippen LogP contribution < -0.4 is 5.73 Å². The number of halogens is 1. The third-order valence-electron chi connectivity index (χ3n) is 2.91. The van der Waals surface area contributed by atoms with Crippen LogP contribution in [0, 0.1) is 5.82 Å². The van der Waals surface area contributed by atoms with Crippen LogP contribution >= 0.6 is 12.2 Å². The van der Waals surface area contributed by atoms with E-state index in [-0.39, 0.29) is 10.8 Å². The van der Waals surface area contributed by atoms with Crippen molar-refractivity contribution in [3.63, 3.8) is 0 Å². The maximum absolute atomic E-state index is 13.5. The molecule has 0 aliphatic rings. The van der Waals surface area contributed by atoms with Crippen LogP contribution in [0.3, 0.4) is 0 Å². The molecule has 0 aliphatic carbocycles. The molecule has 0 radical (unpaired) electrons. The van der Waals surface area contributed by atoms with Crippen molar-refractivity contribution < 1.29 is 4.39 Å². The van der Waals surface area contributed by atoms with E-state index in [1.165, 1.54) is 6.07 Å². The SMILES string of the molecule is CC(C)c1nccn1Cc1ccc(F)c(C(N)=S)c1. The monoisotopic (exact) mass is 277 g/mol. The fraction of sp³-hybridized carbons (Fsp3) is 0.286. The lowest BCUT2D eigenvalue weighted by atomic mass is 10.1. The maximum Gasteiger partial charge on any atom is 0.133 e. The third-order valence-corrected chi connectivity index (χ3v) is 3.13. The van der Waals surface area contributed by atoms with E-state index < -0.39 is 0 Å². The highest BCUT2D eigenvalue weighted by atomic mass is 32.1. The van der Waals surface area contributed by atoms with Crippen LogP contribution in [0.4, 0.5) is 4.39 Å². The predicted octanol–water partition coefficient (Wildman–Crippen LogP) is 2.83. The second kappa shape index (κ2) is 5.48. The van der Waals surface area contributed by atoms with Gasteiger partial charge in [-0.15, -0.1) is 0 Å². The molecular weight excluding hydrogens is 261 g/mol. The molecule has 0 spiro atoms. The minimum absolute atomic E-state index is 0.0778. The van der Waals surface area contributed by atoms with Crippen molar-refractivity contribution in [1.29, 1.82) is 0 Å². The highest BCUT2D eigenvalue weighted by Crippen LogP contribution is 2.16. The molecular formula is C14H16FN3S. The van der Waals surface area contributed by atoms with E-state index in [0.29, 0.717) is 18.0 Å². The first-order valence-corrected chi connectivity index (χ1v) is 6.49. The highest BCUT2D eigenvalue weighted by Gasteiger charge is 2.10. The van der Waals surface area contributed by atoms with Gasteiger partial charge in [0.15, 0.2) is 0 Å². The van der Waals surface area contributed by atoms with Crippen molar-refractivity contribution in [2.45, 2.75) is 26.3 Å². The molecule has 3 nitrogen and oxygen atoms in total. The molecule has 0 unspecified atom stereocenters. The lowest BCUT2D eigenvalue weighted by molar-refractivity contribution is 0.622. The number of nitrogens with zero attached hydrogens (tertiary/aromatic N) is 2. The summed E-state index contributed by atoms with van der Waals surface area (Å²) < 4.78 is 15.6. The second-order valence-electron chi connectivity index (χ2n) is 4.75. The summed E-state index contributed by atoms with van der Waals surface area (Å²) in [6, 6.07) is 4.83. The molecule has 2 rings (SSSR count). The van der Waals surface area contributed by atoms with Crippen LogP contribution in [-0.2, 0) is 6.54 Å². The topological polar surface area (TPSA) is 43.8 Å². The Morgan fingerprint density at radius 1 is 1.47 bits per heavy atom. The molecule has 0 saturated carbocycles. The van der Waals surface area contributed by atoms with E-state index in [0.717, 1.165) is 11.4 Å². The van der Waals surface area contributed by atoms with Gasteiger partial charge >= 0.3 is 0 Å². The van der Waals surface area contributed by atoms with Crippen LogP contribution in [0.1, 0.15) is 36.7 Å². The van der Waals surface area contributed by atoms with Crippen LogP contribution in [-0.4, -0.2) is 14.5 Å². The van der Waals surface area contributed by atoms with E-state index in [1.807, 2.05) is 10.8 Å². The van der Waals surface area contributed by atoms with Gasteiger partial charge in [-0.3, -0.25) is 0 Å². The Hall–Kier alpha value is -1.75. The van der Waals surface area contributed by atoms with Gasteiger partial charge in [0.2, 0.25) is 0 Å². The second-order valence-corrected chi connectivity index (χ2v) is 5.19. The number of nitrogens with two attached hydrogens (primary N) is 1. The molecule has 19 heavy (non-hydrogen) atoms. The number of hydrogen-bond donors (Lipinski definition) is 1. The van der Waals surface area contributed by atoms with Crippen LogP contribution in [0.15, 0.2) is 30.6 Å². The zero-order valence-corrected chi connectivity index (χ0v) is 11.7. The zero-order valence-electron chi connectivity index (χ0n) is 10.9. The van der Waals surface area contributed by atoms with Crippen molar-refractivity contribution in [2.75, 3.05) is 0 Å². The number of imidazole rings is 1. The molecule has 100 valence electrons. The minimum atomic E-state index is -0.383. The van der Waals surface area contributed by atoms with E-state index >= 15 is 0 Å². The number of hydrogen-bond acceptors (Lipinski definition) is 2. The summed E-state index contributed by atoms with van der Waals surface area (Å²) in [4.78, 5) is 4.40. The number of aromatic nitrogens is 2. The Labute approximate surface area is 117 Å². The smallest absolute Gasteiger partial charge is 0.133 e. The van der Waals surface area contributed by atoms with Gasteiger partial charge in [0.05, 0.1) is 0 Å². The normalized spacial score (nSPS) is 10.9. The maximum atomic E-state index is 13.5. The molecule has 5 heteroatoms. The number of benzene rings is 1. The quantitative estimate of drug-likeness (QED) is 0.874. The molecule has 0 bridgehead atoms. The van der Waals surface area contributed by atoms with Crippen LogP contribution in [0.5, 0.6) is 0 Å². The Morgan fingerprint density at radius 3 is 2.84 bits per heavy atom. The lowest BCUT2D eigenvalue weighted by Crippen LogP contribution is -2.13. The van der Waals surface area contributed by atoms with Gasteiger partial charge in [0, 0.05) is 30.4 Å². The number of thiocarbonyl (C=S) groups is 1. The van der Waals surface area contributed by atoms with Crippen LogP contribution in [0.2, 0.25) is 0 Å². The van der Waals surface area contributed by atoms with Crippen molar-refractivity contribution in [1.82, 2.24) is 9.55 Å². The summed E-state index contributed by atoms with van der Waals surface area (Å²) >= 11 is 4.84. The number of rotatable bonds is 4. The summed E-state index contributed by atoms with van der Waals surface area (Å²) in [7, 11) is 0. The van der Waals surface area contributed by atoms with Gasteiger partial charge in [-0.25, -0.2) is 9.37 Å². The molecule has 2 N–H and O–H groups in total. The molecule has 1 heterocycles. The first-order valence-electron chi connectivity index (χ1n) is 6.08. The lowest BCUT2D eigenvalue weighted by Gasteiger charge is -2.11. The molecule has 0 saturated heterocycles. The molecule has 0 fully saturated rings.